The van der Waals surface area contributed by atoms with E-state index in [2.05, 4.69) is 14.7 Å². The molecule has 0 unspecified atom stereocenters. The van der Waals surface area contributed by atoms with Crippen LogP contribution in [0.4, 0.5) is 5.82 Å². The van der Waals surface area contributed by atoms with Crippen LogP contribution in [0.2, 0.25) is 0 Å². The van der Waals surface area contributed by atoms with Crippen LogP contribution in [-0.2, 0) is 23.6 Å². The first-order valence-corrected chi connectivity index (χ1v) is 7.21. The van der Waals surface area contributed by atoms with Gasteiger partial charge in [-0.3, -0.25) is 0 Å². The van der Waals surface area contributed by atoms with Gasteiger partial charge in [-0.05, 0) is 6.42 Å². The van der Waals surface area contributed by atoms with Crippen molar-refractivity contribution in [1.82, 2.24) is 23.8 Å². The Balaban J connectivity index is 1.92. The Morgan fingerprint density at radius 2 is 2.21 bits per heavy atom. The zero-order valence-electron chi connectivity index (χ0n) is 10.5. The number of nitrogens with one attached hydrogen (secondary N) is 1. The van der Waals surface area contributed by atoms with E-state index in [0.717, 1.165) is 0 Å². The number of nitrogens with zero attached hydrogens (tertiary/aromatic N) is 4. The molecule has 104 valence electrons. The van der Waals surface area contributed by atoms with E-state index < -0.39 is 10.0 Å². The molecule has 3 N–H and O–H groups in total. The van der Waals surface area contributed by atoms with Crippen LogP contribution in [-0.4, -0.2) is 34.1 Å². The van der Waals surface area contributed by atoms with Crippen molar-refractivity contribution in [1.29, 1.82) is 0 Å². The van der Waals surface area contributed by atoms with Gasteiger partial charge in [-0.15, -0.1) is 0 Å². The van der Waals surface area contributed by atoms with Crippen LogP contribution in [0.3, 0.4) is 0 Å². The molecule has 0 amide bonds. The standard InChI is InChI=1S/C10H16N6O2S/c1-15-8-13-9(11)10(15)19(17,18)14-3-2-5-16-6-4-12-7-16/h4,6-8,14H,2-3,5,11H2,1H3. The molecule has 19 heavy (non-hydrogen) atoms. The summed E-state index contributed by atoms with van der Waals surface area (Å²) in [4.78, 5) is 7.67. The average molecular weight is 284 g/mol. The first-order valence-electron chi connectivity index (χ1n) is 5.73. The molecule has 9 heteroatoms. The van der Waals surface area contributed by atoms with Gasteiger partial charge in [0.15, 0.2) is 10.8 Å². The third kappa shape index (κ3) is 3.12. The van der Waals surface area contributed by atoms with E-state index in [9.17, 15) is 8.42 Å². The van der Waals surface area contributed by atoms with Gasteiger partial charge in [-0.1, -0.05) is 0 Å². The largest absolute Gasteiger partial charge is 0.381 e. The number of hydrogen-bond donors (Lipinski definition) is 2. The predicted molar refractivity (Wildman–Crippen MR) is 69.7 cm³/mol. The first kappa shape index (κ1) is 13.6. The SMILES string of the molecule is Cn1cnc(N)c1S(=O)(=O)NCCCn1ccnc1. The van der Waals surface area contributed by atoms with Crippen LogP contribution in [0, 0.1) is 0 Å². The van der Waals surface area contributed by atoms with E-state index in [-0.39, 0.29) is 10.8 Å². The third-order valence-corrected chi connectivity index (χ3v) is 4.20. The Labute approximate surface area is 111 Å². The molecule has 0 aromatic carbocycles. The lowest BCUT2D eigenvalue weighted by molar-refractivity contribution is 0.561. The molecule has 0 fully saturated rings. The minimum atomic E-state index is -3.62. The minimum Gasteiger partial charge on any atom is -0.381 e. The van der Waals surface area contributed by atoms with Crippen LogP contribution in [0.1, 0.15) is 6.42 Å². The lowest BCUT2D eigenvalue weighted by atomic mass is 10.4. The quantitative estimate of drug-likeness (QED) is 0.700. The summed E-state index contributed by atoms with van der Waals surface area (Å²) < 4.78 is 29.8. The number of hydrogen-bond acceptors (Lipinski definition) is 5. The second-order valence-electron chi connectivity index (χ2n) is 4.10. The third-order valence-electron chi connectivity index (χ3n) is 2.61. The second-order valence-corrected chi connectivity index (χ2v) is 5.78. The molecule has 0 radical (unpaired) electrons. The number of anilines is 1. The van der Waals surface area contributed by atoms with Crippen molar-refractivity contribution in [2.75, 3.05) is 12.3 Å². The van der Waals surface area contributed by atoms with Crippen molar-refractivity contribution in [2.24, 2.45) is 7.05 Å². The van der Waals surface area contributed by atoms with Crippen LogP contribution in [0.15, 0.2) is 30.1 Å². The molecule has 0 aliphatic rings. The Hall–Kier alpha value is -1.87. The summed E-state index contributed by atoms with van der Waals surface area (Å²) in [5, 5.41) is -0.00451. The van der Waals surface area contributed by atoms with Crippen LogP contribution < -0.4 is 10.5 Å². The van der Waals surface area contributed by atoms with Crippen molar-refractivity contribution < 1.29 is 8.42 Å². The fraction of sp³-hybridized carbons (Fsp3) is 0.400. The number of nitrogen functional groups attached to an aromatic ring is 1. The maximum atomic E-state index is 12.0. The van der Waals surface area contributed by atoms with Crippen LogP contribution in [0.25, 0.3) is 0 Å². The normalized spacial score (nSPS) is 11.8. The summed E-state index contributed by atoms with van der Waals surface area (Å²) in [5.41, 5.74) is 5.55. The fourth-order valence-electron chi connectivity index (χ4n) is 1.72. The summed E-state index contributed by atoms with van der Waals surface area (Å²) in [5.74, 6) is 0.00427. The smallest absolute Gasteiger partial charge is 0.260 e. The topological polar surface area (TPSA) is 108 Å². The number of imidazole rings is 2. The van der Waals surface area contributed by atoms with Gasteiger partial charge < -0.3 is 14.9 Å². The molecule has 0 aliphatic carbocycles. The number of aromatic nitrogens is 4. The number of rotatable bonds is 6. The monoisotopic (exact) mass is 284 g/mol. The number of sulfonamides is 1. The fourth-order valence-corrected chi connectivity index (χ4v) is 3.02. The highest BCUT2D eigenvalue weighted by Gasteiger charge is 2.21. The minimum absolute atomic E-state index is 0.00427. The van der Waals surface area contributed by atoms with Gasteiger partial charge in [0.2, 0.25) is 0 Å². The van der Waals surface area contributed by atoms with Gasteiger partial charge in [0.05, 0.1) is 12.7 Å². The molecule has 0 spiro atoms. The van der Waals surface area contributed by atoms with Gasteiger partial charge in [0.25, 0.3) is 10.0 Å². The molecular formula is C10H16N6O2S. The summed E-state index contributed by atoms with van der Waals surface area (Å²) in [6.45, 7) is 1.02. The Bertz CT molecular complexity index is 612. The highest BCUT2D eigenvalue weighted by molar-refractivity contribution is 7.89. The van der Waals surface area contributed by atoms with E-state index in [1.54, 1.807) is 19.6 Å². The summed E-state index contributed by atoms with van der Waals surface area (Å²) in [7, 11) is -2.03. The van der Waals surface area contributed by atoms with E-state index in [1.165, 1.54) is 10.9 Å². The van der Waals surface area contributed by atoms with Crippen molar-refractivity contribution in [2.45, 2.75) is 18.0 Å². The van der Waals surface area contributed by atoms with E-state index >= 15 is 0 Å². The molecule has 0 aliphatic heterocycles. The van der Waals surface area contributed by atoms with Gasteiger partial charge >= 0.3 is 0 Å². The Kier molecular flexibility index (Phi) is 3.86. The van der Waals surface area contributed by atoms with Crippen molar-refractivity contribution in [3.05, 3.63) is 25.0 Å². The van der Waals surface area contributed by atoms with Gasteiger partial charge in [-0.2, -0.15) is 0 Å². The van der Waals surface area contributed by atoms with E-state index in [1.807, 2.05) is 10.8 Å². The highest BCUT2D eigenvalue weighted by Crippen LogP contribution is 2.14. The van der Waals surface area contributed by atoms with E-state index in [0.29, 0.717) is 19.5 Å². The second kappa shape index (κ2) is 5.41. The maximum Gasteiger partial charge on any atom is 0.260 e. The van der Waals surface area contributed by atoms with Gasteiger partial charge in [0, 0.05) is 32.5 Å². The molecule has 2 rings (SSSR count). The molecule has 0 bridgehead atoms. The zero-order chi connectivity index (χ0) is 13.9. The maximum absolute atomic E-state index is 12.0. The molecule has 2 heterocycles. The molecule has 0 saturated heterocycles. The van der Waals surface area contributed by atoms with E-state index in [4.69, 9.17) is 5.73 Å². The highest BCUT2D eigenvalue weighted by atomic mass is 32.2. The van der Waals surface area contributed by atoms with Crippen molar-refractivity contribution in [3.63, 3.8) is 0 Å². The van der Waals surface area contributed by atoms with Crippen molar-refractivity contribution >= 4 is 15.8 Å². The molecular weight excluding hydrogens is 268 g/mol. The van der Waals surface area contributed by atoms with Gasteiger partial charge in [-0.25, -0.2) is 23.1 Å². The molecule has 8 nitrogen and oxygen atoms in total. The predicted octanol–water partition coefficient (Wildman–Crippen LogP) is -0.433. The van der Waals surface area contributed by atoms with Crippen LogP contribution >= 0.6 is 0 Å². The molecule has 0 atom stereocenters. The summed E-state index contributed by atoms with van der Waals surface area (Å²) in [6.07, 6.45) is 7.23. The lowest BCUT2D eigenvalue weighted by Crippen LogP contribution is -2.27. The Morgan fingerprint density at radius 1 is 1.42 bits per heavy atom. The summed E-state index contributed by atoms with van der Waals surface area (Å²) in [6, 6.07) is 0. The van der Waals surface area contributed by atoms with Crippen molar-refractivity contribution in [3.8, 4) is 0 Å². The Morgan fingerprint density at radius 3 is 2.79 bits per heavy atom. The van der Waals surface area contributed by atoms with Crippen LogP contribution in [0.5, 0.6) is 0 Å². The zero-order valence-corrected chi connectivity index (χ0v) is 11.3. The summed E-state index contributed by atoms with van der Waals surface area (Å²) >= 11 is 0. The molecule has 0 saturated carbocycles. The first-order chi connectivity index (χ1) is 9.00. The molecule has 2 aromatic rings. The molecule has 2 aromatic heterocycles. The lowest BCUT2D eigenvalue weighted by Gasteiger charge is -2.08. The number of nitrogens with two attached hydrogens (primary N) is 1. The number of aryl methyl sites for hydroxylation is 2. The van der Waals surface area contributed by atoms with Gasteiger partial charge in [0.1, 0.15) is 0 Å². The average Bonchev–Trinajstić information content (AvgIpc) is 2.95.